The van der Waals surface area contributed by atoms with E-state index < -0.39 is 22.5 Å². The Kier molecular flexibility index (Phi) is 11.1. The predicted octanol–water partition coefficient (Wildman–Crippen LogP) is 6.02. The fourth-order valence-electron chi connectivity index (χ4n) is 4.27. The first kappa shape index (κ1) is 33.3. The molecule has 0 radical (unpaired) electrons. The highest BCUT2D eigenvalue weighted by Gasteiger charge is 2.29. The number of rotatable bonds is 13. The molecule has 0 heterocycles. The molecule has 0 atom stereocenters. The van der Waals surface area contributed by atoms with Crippen LogP contribution in [0.1, 0.15) is 22.3 Å². The minimum absolute atomic E-state index is 0.0175. The number of anilines is 1. The van der Waals surface area contributed by atoms with Crippen molar-refractivity contribution >= 4 is 43.8 Å². The summed E-state index contributed by atoms with van der Waals surface area (Å²) in [4.78, 5) is 13.1. The zero-order chi connectivity index (χ0) is 32.6. The predicted molar refractivity (Wildman–Crippen MR) is 177 cm³/mol. The fourth-order valence-corrected chi connectivity index (χ4v) is 6.27. The van der Waals surface area contributed by atoms with Crippen LogP contribution in [0.5, 0.6) is 23.0 Å². The summed E-state index contributed by atoms with van der Waals surface area (Å²) in [5.74, 6) is 0.980. The van der Waals surface area contributed by atoms with Crippen LogP contribution in [0.3, 0.4) is 0 Å². The van der Waals surface area contributed by atoms with Gasteiger partial charge in [-0.25, -0.2) is 13.8 Å². The minimum Gasteiger partial charge on any atom is -0.497 e. The van der Waals surface area contributed by atoms with Crippen molar-refractivity contribution in [3.05, 3.63) is 106 Å². The van der Waals surface area contributed by atoms with Crippen molar-refractivity contribution in [2.45, 2.75) is 25.3 Å². The molecular weight excluding hydrogens is 662 g/mol. The molecule has 1 N–H and O–H groups in total. The molecule has 4 aromatic carbocycles. The van der Waals surface area contributed by atoms with Crippen LogP contribution in [0.15, 0.2) is 93.3 Å². The van der Waals surface area contributed by atoms with Crippen LogP contribution in [-0.4, -0.2) is 48.4 Å². The Balaban J connectivity index is 1.53. The van der Waals surface area contributed by atoms with Gasteiger partial charge in [0.25, 0.3) is 15.9 Å². The molecule has 45 heavy (non-hydrogen) atoms. The quantitative estimate of drug-likeness (QED) is 0.134. The maximum atomic E-state index is 13.8. The van der Waals surface area contributed by atoms with E-state index in [2.05, 4.69) is 26.5 Å². The highest BCUT2D eigenvalue weighted by molar-refractivity contribution is 9.10. The molecule has 12 heteroatoms. The third kappa shape index (κ3) is 8.34. The molecule has 0 aromatic heterocycles. The lowest BCUT2D eigenvalue weighted by Crippen LogP contribution is -2.39. The second-order valence-electron chi connectivity index (χ2n) is 9.96. The Morgan fingerprint density at radius 1 is 0.867 bits per heavy atom. The van der Waals surface area contributed by atoms with E-state index >= 15 is 0 Å². The van der Waals surface area contributed by atoms with E-state index in [9.17, 15) is 13.2 Å². The molecule has 0 aliphatic rings. The zero-order valence-corrected chi connectivity index (χ0v) is 27.9. The molecule has 4 aromatic rings. The number of hydrogen-bond acceptors (Lipinski definition) is 8. The number of nitrogens with one attached hydrogen (secondary N) is 1. The molecule has 4 rings (SSSR count). The fraction of sp³-hybridized carbons (Fsp3) is 0.212. The van der Waals surface area contributed by atoms with Gasteiger partial charge in [0.1, 0.15) is 24.7 Å². The van der Waals surface area contributed by atoms with Crippen molar-refractivity contribution in [2.24, 2.45) is 5.10 Å². The molecule has 0 bridgehead atoms. The van der Waals surface area contributed by atoms with Gasteiger partial charge in [-0.1, -0.05) is 47.5 Å². The smallest absolute Gasteiger partial charge is 0.264 e. The summed E-state index contributed by atoms with van der Waals surface area (Å²) in [5.41, 5.74) is 6.24. The number of hydrazone groups is 1. The lowest BCUT2D eigenvalue weighted by Gasteiger charge is -2.25. The highest BCUT2D eigenvalue weighted by atomic mass is 79.9. The normalized spacial score (nSPS) is 11.2. The number of ether oxygens (including phenoxy) is 4. The third-order valence-electron chi connectivity index (χ3n) is 6.71. The first-order valence-electron chi connectivity index (χ1n) is 13.7. The standard InChI is InChI=1S/C33H34BrN3O7S/c1-22-6-10-24(11-7-22)21-44-33-28(34)16-25(17-31(33)43-5)19-35-36-32(38)20-37(29-15-12-26(41-3)18-30(29)42-4)45(39,40)27-13-8-23(2)9-14-27/h6-19H,20-21H2,1-5H3,(H,36,38)/b35-19-. The number of hydrogen-bond donors (Lipinski definition) is 1. The van der Waals surface area contributed by atoms with Gasteiger partial charge in [0.2, 0.25) is 0 Å². The largest absolute Gasteiger partial charge is 0.497 e. The average molecular weight is 697 g/mol. The molecule has 0 fully saturated rings. The molecular formula is C33H34BrN3O7S. The number of amides is 1. The van der Waals surface area contributed by atoms with Crippen LogP contribution in [-0.2, 0) is 21.4 Å². The molecule has 236 valence electrons. The maximum Gasteiger partial charge on any atom is 0.264 e. The monoisotopic (exact) mass is 695 g/mol. The van der Waals surface area contributed by atoms with Crippen molar-refractivity contribution in [2.75, 3.05) is 32.2 Å². The van der Waals surface area contributed by atoms with Crippen LogP contribution < -0.4 is 28.7 Å². The first-order valence-corrected chi connectivity index (χ1v) is 16.0. The third-order valence-corrected chi connectivity index (χ3v) is 9.07. The van der Waals surface area contributed by atoms with Gasteiger partial charge in [0.05, 0.1) is 42.6 Å². The van der Waals surface area contributed by atoms with E-state index in [-0.39, 0.29) is 16.3 Å². The summed E-state index contributed by atoms with van der Waals surface area (Å²) >= 11 is 3.53. The molecule has 1 amide bonds. The Bertz CT molecular complexity index is 1780. The van der Waals surface area contributed by atoms with E-state index in [1.807, 2.05) is 38.1 Å². The maximum absolute atomic E-state index is 13.8. The van der Waals surface area contributed by atoms with Gasteiger partial charge in [0.15, 0.2) is 11.5 Å². The summed E-state index contributed by atoms with van der Waals surface area (Å²) in [6, 6.07) is 22.5. The summed E-state index contributed by atoms with van der Waals surface area (Å²) in [6.45, 7) is 3.65. The second-order valence-corrected chi connectivity index (χ2v) is 12.7. The van der Waals surface area contributed by atoms with Crippen LogP contribution >= 0.6 is 15.9 Å². The molecule has 0 saturated heterocycles. The molecule has 0 aliphatic carbocycles. The van der Waals surface area contributed by atoms with Gasteiger partial charge in [0, 0.05) is 6.07 Å². The van der Waals surface area contributed by atoms with Gasteiger partial charge in [-0.15, -0.1) is 0 Å². The number of aryl methyl sites for hydroxylation is 2. The van der Waals surface area contributed by atoms with Gasteiger partial charge >= 0.3 is 0 Å². The van der Waals surface area contributed by atoms with Crippen molar-refractivity contribution in [1.82, 2.24) is 5.43 Å². The van der Waals surface area contributed by atoms with Crippen molar-refractivity contribution < 1.29 is 32.2 Å². The van der Waals surface area contributed by atoms with Crippen molar-refractivity contribution in [3.63, 3.8) is 0 Å². The average Bonchev–Trinajstić information content (AvgIpc) is 3.03. The van der Waals surface area contributed by atoms with Gasteiger partial charge in [-0.2, -0.15) is 5.10 Å². The second kappa shape index (κ2) is 15.0. The number of carbonyl (C=O) groups is 1. The van der Waals surface area contributed by atoms with Gasteiger partial charge in [-0.3, -0.25) is 9.10 Å². The van der Waals surface area contributed by atoms with Crippen LogP contribution in [0, 0.1) is 13.8 Å². The number of nitrogens with zero attached hydrogens (tertiary/aromatic N) is 2. The Labute approximate surface area is 271 Å². The first-order chi connectivity index (χ1) is 21.5. The van der Waals surface area contributed by atoms with Crippen molar-refractivity contribution in [1.29, 1.82) is 0 Å². The summed E-state index contributed by atoms with van der Waals surface area (Å²) in [7, 11) is 0.242. The lowest BCUT2D eigenvalue weighted by molar-refractivity contribution is -0.119. The summed E-state index contributed by atoms with van der Waals surface area (Å²) in [6.07, 6.45) is 1.42. The zero-order valence-electron chi connectivity index (χ0n) is 25.5. The van der Waals surface area contributed by atoms with Gasteiger partial charge < -0.3 is 18.9 Å². The van der Waals surface area contributed by atoms with Crippen LogP contribution in [0.4, 0.5) is 5.69 Å². The Morgan fingerprint density at radius 3 is 2.13 bits per heavy atom. The van der Waals surface area contributed by atoms with Crippen LogP contribution in [0.25, 0.3) is 0 Å². The number of sulfonamides is 1. The SMILES string of the molecule is COc1ccc(N(CC(=O)N/N=C\c2cc(Br)c(OCc3ccc(C)cc3)c(OC)c2)S(=O)(=O)c2ccc(C)cc2)c(OC)c1. The van der Waals surface area contributed by atoms with Crippen molar-refractivity contribution in [3.8, 4) is 23.0 Å². The summed E-state index contributed by atoms with van der Waals surface area (Å²) in [5, 5.41) is 4.06. The Morgan fingerprint density at radius 2 is 1.51 bits per heavy atom. The van der Waals surface area contributed by atoms with E-state index in [0.29, 0.717) is 33.9 Å². The minimum atomic E-state index is -4.18. The van der Waals surface area contributed by atoms with Crippen LogP contribution in [0.2, 0.25) is 0 Å². The van der Waals surface area contributed by atoms with E-state index in [1.165, 1.54) is 45.7 Å². The van der Waals surface area contributed by atoms with E-state index in [0.717, 1.165) is 21.0 Å². The van der Waals surface area contributed by atoms with E-state index in [1.54, 1.807) is 36.4 Å². The molecule has 0 saturated carbocycles. The highest BCUT2D eigenvalue weighted by Crippen LogP contribution is 2.37. The summed E-state index contributed by atoms with van der Waals surface area (Å²) < 4.78 is 51.4. The number of halogens is 1. The Hall–Kier alpha value is -4.55. The van der Waals surface area contributed by atoms with E-state index in [4.69, 9.17) is 18.9 Å². The molecule has 0 spiro atoms. The number of benzene rings is 4. The molecule has 0 aliphatic heterocycles. The molecule has 10 nitrogen and oxygen atoms in total. The number of methoxy groups -OCH3 is 3. The molecule has 0 unspecified atom stereocenters. The topological polar surface area (TPSA) is 116 Å². The lowest BCUT2D eigenvalue weighted by atomic mass is 10.2. The number of carbonyl (C=O) groups excluding carboxylic acids is 1. The van der Waals surface area contributed by atoms with Gasteiger partial charge in [-0.05, 0) is 77.3 Å².